The van der Waals surface area contributed by atoms with Gasteiger partial charge in [-0.2, -0.15) is 0 Å². The monoisotopic (exact) mass is 386 g/mol. The first-order valence-corrected chi connectivity index (χ1v) is 9.71. The fraction of sp³-hybridized carbons (Fsp3) is 0.409. The molecule has 2 aromatic carbocycles. The second kappa shape index (κ2) is 6.35. The summed E-state index contributed by atoms with van der Waals surface area (Å²) in [6.07, 6.45) is 0. The molecule has 1 aliphatic rings. The van der Waals surface area contributed by atoms with E-state index in [0.717, 1.165) is 32.2 Å². The van der Waals surface area contributed by atoms with Gasteiger partial charge < -0.3 is 4.74 Å². The molecule has 1 aliphatic heterocycles. The first-order chi connectivity index (χ1) is 11.9. The number of carbonyl (C=O) groups excluding carboxylic acids is 1. The van der Waals surface area contributed by atoms with Crippen molar-refractivity contribution < 1.29 is 9.53 Å². The number of rotatable bonds is 1. The minimum Gasteiger partial charge on any atom is -0.425 e. The minimum atomic E-state index is -0.423. The molecule has 0 fully saturated rings. The van der Waals surface area contributed by atoms with Crippen LogP contribution in [0.5, 0.6) is 5.75 Å². The van der Waals surface area contributed by atoms with Gasteiger partial charge in [-0.1, -0.05) is 59.7 Å². The molecule has 26 heavy (non-hydrogen) atoms. The number of fused-ring (bicyclic) bond motifs is 1. The molecule has 0 saturated carbocycles. The van der Waals surface area contributed by atoms with Crippen LogP contribution in [0, 0.1) is 0 Å². The summed E-state index contributed by atoms with van der Waals surface area (Å²) in [5.41, 5.74) is 3.99. The SMILES string of the molecule is CC(C)(C)c1cc2c(c(C(C)(C)C)c1)OC(=O)C2c1ccc(S)c(S)c1. The van der Waals surface area contributed by atoms with Gasteiger partial charge >= 0.3 is 5.97 Å². The number of benzene rings is 2. The Morgan fingerprint density at radius 2 is 1.54 bits per heavy atom. The van der Waals surface area contributed by atoms with Gasteiger partial charge in [0.15, 0.2) is 0 Å². The minimum absolute atomic E-state index is 0.0190. The normalized spacial score (nSPS) is 17.2. The van der Waals surface area contributed by atoms with E-state index in [4.69, 9.17) is 4.74 Å². The summed E-state index contributed by atoms with van der Waals surface area (Å²) in [6, 6.07) is 10.0. The van der Waals surface area contributed by atoms with Crippen LogP contribution in [0.1, 0.15) is 69.7 Å². The van der Waals surface area contributed by atoms with Crippen molar-refractivity contribution in [2.75, 3.05) is 0 Å². The molecular formula is C22H26O2S2. The molecule has 0 bridgehead atoms. The van der Waals surface area contributed by atoms with E-state index in [-0.39, 0.29) is 16.8 Å². The molecule has 1 atom stereocenters. The van der Waals surface area contributed by atoms with Crippen molar-refractivity contribution in [2.24, 2.45) is 0 Å². The Labute approximate surface area is 167 Å². The highest BCUT2D eigenvalue weighted by Crippen LogP contribution is 2.47. The number of carbonyl (C=O) groups is 1. The van der Waals surface area contributed by atoms with Crippen molar-refractivity contribution >= 4 is 31.2 Å². The molecular weight excluding hydrogens is 360 g/mol. The van der Waals surface area contributed by atoms with Crippen molar-refractivity contribution in [3.8, 4) is 5.75 Å². The highest BCUT2D eigenvalue weighted by Gasteiger charge is 2.39. The van der Waals surface area contributed by atoms with Crippen LogP contribution in [0.3, 0.4) is 0 Å². The van der Waals surface area contributed by atoms with Crippen molar-refractivity contribution in [3.63, 3.8) is 0 Å². The third-order valence-electron chi connectivity index (χ3n) is 4.87. The fourth-order valence-electron chi connectivity index (χ4n) is 3.29. The van der Waals surface area contributed by atoms with Crippen LogP contribution in [-0.4, -0.2) is 5.97 Å². The molecule has 4 heteroatoms. The first kappa shape index (κ1) is 19.4. The van der Waals surface area contributed by atoms with E-state index in [1.807, 2.05) is 18.2 Å². The lowest BCUT2D eigenvalue weighted by molar-refractivity contribution is -0.133. The Hall–Kier alpha value is -1.39. The highest BCUT2D eigenvalue weighted by molar-refractivity contribution is 7.83. The zero-order chi connectivity index (χ0) is 19.4. The van der Waals surface area contributed by atoms with Crippen LogP contribution < -0.4 is 4.74 Å². The molecule has 0 aliphatic carbocycles. The molecule has 0 aromatic heterocycles. The van der Waals surface area contributed by atoms with E-state index >= 15 is 0 Å². The van der Waals surface area contributed by atoms with Crippen molar-refractivity contribution in [3.05, 3.63) is 52.6 Å². The molecule has 138 valence electrons. The average Bonchev–Trinajstić information content (AvgIpc) is 2.83. The summed E-state index contributed by atoms with van der Waals surface area (Å²) in [4.78, 5) is 14.4. The molecule has 0 spiro atoms. The van der Waals surface area contributed by atoms with E-state index in [9.17, 15) is 4.79 Å². The van der Waals surface area contributed by atoms with Gasteiger partial charge in [-0.3, -0.25) is 4.79 Å². The van der Waals surface area contributed by atoms with Gasteiger partial charge in [-0.25, -0.2) is 0 Å². The van der Waals surface area contributed by atoms with Crippen molar-refractivity contribution in [1.82, 2.24) is 0 Å². The topological polar surface area (TPSA) is 26.3 Å². The maximum Gasteiger partial charge on any atom is 0.323 e. The Balaban J connectivity index is 2.26. The largest absolute Gasteiger partial charge is 0.425 e. The van der Waals surface area contributed by atoms with E-state index in [2.05, 4.69) is 78.9 Å². The predicted octanol–water partition coefficient (Wildman–Crippen LogP) is 5.91. The number of hydrogen-bond acceptors (Lipinski definition) is 4. The summed E-state index contributed by atoms with van der Waals surface area (Å²) >= 11 is 8.85. The van der Waals surface area contributed by atoms with E-state index in [1.165, 1.54) is 5.56 Å². The van der Waals surface area contributed by atoms with Gasteiger partial charge in [0.05, 0.1) is 0 Å². The van der Waals surface area contributed by atoms with Gasteiger partial charge in [0.2, 0.25) is 0 Å². The number of hydrogen-bond donors (Lipinski definition) is 2. The van der Waals surface area contributed by atoms with Gasteiger partial charge in [0.1, 0.15) is 11.7 Å². The zero-order valence-corrected chi connectivity index (χ0v) is 18.0. The van der Waals surface area contributed by atoms with Crippen LogP contribution in [-0.2, 0) is 15.6 Å². The van der Waals surface area contributed by atoms with Crippen LogP contribution >= 0.6 is 25.3 Å². The van der Waals surface area contributed by atoms with Gasteiger partial charge in [-0.15, -0.1) is 25.3 Å². The lowest BCUT2D eigenvalue weighted by atomic mass is 9.77. The van der Waals surface area contributed by atoms with Crippen LogP contribution in [0.2, 0.25) is 0 Å². The Bertz CT molecular complexity index is 886. The van der Waals surface area contributed by atoms with Crippen LogP contribution in [0.4, 0.5) is 0 Å². The van der Waals surface area contributed by atoms with Crippen LogP contribution in [0.15, 0.2) is 40.1 Å². The number of esters is 1. The molecule has 1 unspecified atom stereocenters. The van der Waals surface area contributed by atoms with E-state index in [1.54, 1.807) is 0 Å². The van der Waals surface area contributed by atoms with Gasteiger partial charge in [-0.05, 0) is 34.1 Å². The molecule has 0 radical (unpaired) electrons. The maximum atomic E-state index is 12.8. The number of thiol groups is 2. The smallest absolute Gasteiger partial charge is 0.323 e. The van der Waals surface area contributed by atoms with Gasteiger partial charge in [0.25, 0.3) is 0 Å². The lowest BCUT2D eigenvalue weighted by Gasteiger charge is -2.27. The van der Waals surface area contributed by atoms with Crippen molar-refractivity contribution in [1.29, 1.82) is 0 Å². The van der Waals surface area contributed by atoms with E-state index in [0.29, 0.717) is 0 Å². The lowest BCUT2D eigenvalue weighted by Crippen LogP contribution is -2.17. The quantitative estimate of drug-likeness (QED) is 0.362. The maximum absolute atomic E-state index is 12.8. The molecule has 0 saturated heterocycles. The molecule has 1 heterocycles. The standard InChI is InChI=1S/C22H26O2S2/c1-21(2,3)13-10-14-18(12-7-8-16(25)17(26)9-12)20(23)24-19(14)15(11-13)22(4,5)6/h7-11,18,25-26H,1-6H3. The molecule has 2 nitrogen and oxygen atoms in total. The second-order valence-electron chi connectivity index (χ2n) is 9.04. The van der Waals surface area contributed by atoms with E-state index < -0.39 is 5.92 Å². The highest BCUT2D eigenvalue weighted by atomic mass is 32.1. The first-order valence-electron chi connectivity index (χ1n) is 8.82. The summed E-state index contributed by atoms with van der Waals surface area (Å²) in [5.74, 6) is 0.0700. The molecule has 0 N–H and O–H groups in total. The van der Waals surface area contributed by atoms with Crippen LogP contribution in [0.25, 0.3) is 0 Å². The summed E-state index contributed by atoms with van der Waals surface area (Å²) in [6.45, 7) is 13.0. The zero-order valence-electron chi connectivity index (χ0n) is 16.2. The summed E-state index contributed by atoms with van der Waals surface area (Å²) in [7, 11) is 0. The van der Waals surface area contributed by atoms with Crippen molar-refractivity contribution in [2.45, 2.75) is 68.1 Å². The third-order valence-corrected chi connectivity index (χ3v) is 5.81. The fourth-order valence-corrected chi connectivity index (χ4v) is 3.65. The average molecular weight is 387 g/mol. The Kier molecular flexibility index (Phi) is 4.73. The molecule has 3 rings (SSSR count). The predicted molar refractivity (Wildman–Crippen MR) is 112 cm³/mol. The molecule has 2 aromatic rings. The van der Waals surface area contributed by atoms with Gasteiger partial charge in [0, 0.05) is 20.9 Å². The second-order valence-corrected chi connectivity index (χ2v) is 10.0. The Morgan fingerprint density at radius 3 is 2.08 bits per heavy atom. The number of ether oxygens (including phenoxy) is 1. The third kappa shape index (κ3) is 3.41. The Morgan fingerprint density at radius 1 is 0.885 bits per heavy atom. The molecule has 0 amide bonds. The summed E-state index contributed by atoms with van der Waals surface area (Å²) < 4.78 is 5.79. The summed E-state index contributed by atoms with van der Waals surface area (Å²) in [5, 5.41) is 0.